The van der Waals surface area contributed by atoms with Crippen molar-refractivity contribution in [2.75, 3.05) is 27.4 Å². The summed E-state index contributed by atoms with van der Waals surface area (Å²) in [6, 6.07) is 26.0. The van der Waals surface area contributed by atoms with Crippen LogP contribution in [0.4, 0.5) is 0 Å². The minimum absolute atomic E-state index is 0.183. The molecule has 2 N–H and O–H groups in total. The highest BCUT2D eigenvalue weighted by Gasteiger charge is 2.51. The molecule has 1 aromatic heterocycles. The van der Waals surface area contributed by atoms with Gasteiger partial charge in [-0.2, -0.15) is 0 Å². The van der Waals surface area contributed by atoms with Crippen molar-refractivity contribution in [3.8, 4) is 11.5 Å². The summed E-state index contributed by atoms with van der Waals surface area (Å²) in [5.74, 6) is -0.613. The molecule has 4 aromatic rings. The molecule has 0 amide bonds. The molecule has 1 aliphatic heterocycles. The third-order valence-electron chi connectivity index (χ3n) is 13.2. The number of carboxylic acids is 1. The second kappa shape index (κ2) is 30.4. The second-order valence-corrected chi connectivity index (χ2v) is 18.3. The van der Waals surface area contributed by atoms with Crippen molar-refractivity contribution in [1.82, 2.24) is 9.55 Å². The molecule has 2 heterocycles. The molecule has 378 valence electrons. The molecule has 0 saturated carbocycles. The number of hydrogen-bond donors (Lipinski definition) is 2. The first kappa shape index (κ1) is 54.7. The van der Waals surface area contributed by atoms with Crippen LogP contribution in [0.25, 0.3) is 0 Å². The lowest BCUT2D eigenvalue weighted by Crippen LogP contribution is -2.43. The summed E-state index contributed by atoms with van der Waals surface area (Å²) in [5, 5.41) is 9.41. The summed E-state index contributed by atoms with van der Waals surface area (Å²) in [6.45, 7) is 2.37. The number of H-pyrrole nitrogens is 1. The maximum Gasteiger partial charge on any atom is 0.330 e. The van der Waals surface area contributed by atoms with E-state index >= 15 is 0 Å². The molecule has 0 bridgehead atoms. The third-order valence-corrected chi connectivity index (χ3v) is 13.2. The number of aromatic amines is 1. The Morgan fingerprint density at radius 1 is 0.623 bits per heavy atom. The van der Waals surface area contributed by atoms with E-state index in [1.165, 1.54) is 120 Å². The van der Waals surface area contributed by atoms with Gasteiger partial charge in [-0.15, -0.1) is 0 Å². The molecule has 5 rings (SSSR count). The van der Waals surface area contributed by atoms with E-state index in [1.54, 1.807) is 14.2 Å². The summed E-state index contributed by atoms with van der Waals surface area (Å²) in [6.07, 6.45) is 21.5. The normalized spacial score (nSPS) is 16.9. The number of aliphatic carboxylic acids is 1. The molecule has 13 nitrogen and oxygen atoms in total. The van der Waals surface area contributed by atoms with Crippen LogP contribution in [0.5, 0.6) is 11.5 Å². The zero-order valence-electron chi connectivity index (χ0n) is 41.4. The Morgan fingerprint density at radius 3 is 1.57 bits per heavy atom. The van der Waals surface area contributed by atoms with Crippen LogP contribution in [0.2, 0.25) is 0 Å². The first-order valence-electron chi connectivity index (χ1n) is 25.7. The molecule has 1 saturated heterocycles. The zero-order chi connectivity index (χ0) is 49.1. The highest BCUT2D eigenvalue weighted by molar-refractivity contribution is 5.76. The Kier molecular flexibility index (Phi) is 24.1. The molecule has 0 aliphatic carbocycles. The number of hydrogen-bond acceptors (Lipinski definition) is 10. The third kappa shape index (κ3) is 17.3. The van der Waals surface area contributed by atoms with Gasteiger partial charge in [0.2, 0.25) is 0 Å². The maximum atomic E-state index is 13.4. The average Bonchev–Trinajstić information content (AvgIpc) is 3.69. The second-order valence-electron chi connectivity index (χ2n) is 18.3. The summed E-state index contributed by atoms with van der Waals surface area (Å²) in [7, 11) is 3.19. The number of unbranched alkanes of at least 4 members (excludes halogenated alkanes) is 19. The van der Waals surface area contributed by atoms with Crippen LogP contribution in [0.1, 0.15) is 171 Å². The lowest BCUT2D eigenvalue weighted by atomic mass is 9.80. The van der Waals surface area contributed by atoms with E-state index in [0.717, 1.165) is 42.4 Å². The van der Waals surface area contributed by atoms with Crippen molar-refractivity contribution in [3.05, 3.63) is 129 Å². The van der Waals surface area contributed by atoms with Crippen molar-refractivity contribution >= 4 is 11.9 Å². The lowest BCUT2D eigenvalue weighted by molar-refractivity contribution is -0.162. The van der Waals surface area contributed by atoms with Gasteiger partial charge in [-0.25, -0.2) is 4.79 Å². The zero-order valence-corrected chi connectivity index (χ0v) is 41.4. The van der Waals surface area contributed by atoms with Gasteiger partial charge in [-0.3, -0.25) is 23.9 Å². The number of aromatic nitrogens is 2. The number of nitrogens with zero attached hydrogens (tertiary/aromatic N) is 1. The number of esters is 1. The van der Waals surface area contributed by atoms with Crippen molar-refractivity contribution in [2.45, 2.75) is 178 Å². The average molecular weight is 955 g/mol. The highest BCUT2D eigenvalue weighted by atomic mass is 16.6. The van der Waals surface area contributed by atoms with Crippen LogP contribution in [0.15, 0.2) is 101 Å². The number of benzene rings is 3. The fourth-order valence-electron chi connectivity index (χ4n) is 9.29. The fourth-order valence-corrected chi connectivity index (χ4v) is 9.29. The number of carbonyl (C=O) groups excluding carboxylic acids is 1. The topological polar surface area (TPSA) is 165 Å². The molecule has 1 unspecified atom stereocenters. The van der Waals surface area contributed by atoms with Crippen molar-refractivity contribution in [1.29, 1.82) is 0 Å². The quantitative estimate of drug-likeness (QED) is 0.0256. The summed E-state index contributed by atoms with van der Waals surface area (Å²) >= 11 is 0. The van der Waals surface area contributed by atoms with E-state index in [9.17, 15) is 24.3 Å². The van der Waals surface area contributed by atoms with Crippen LogP contribution in [-0.4, -0.2) is 72.3 Å². The molecule has 13 heteroatoms. The first-order chi connectivity index (χ1) is 33.7. The number of rotatable bonds is 35. The molecule has 1 fully saturated rings. The maximum absolute atomic E-state index is 13.4. The van der Waals surface area contributed by atoms with Gasteiger partial charge in [0.1, 0.15) is 29.3 Å². The monoisotopic (exact) mass is 955 g/mol. The van der Waals surface area contributed by atoms with Crippen molar-refractivity contribution < 1.29 is 43.1 Å². The van der Waals surface area contributed by atoms with E-state index in [-0.39, 0.29) is 19.6 Å². The van der Waals surface area contributed by atoms with E-state index < -0.39 is 59.7 Å². The summed E-state index contributed by atoms with van der Waals surface area (Å²) in [4.78, 5) is 52.8. The minimum Gasteiger partial charge on any atom is -0.497 e. The smallest absolute Gasteiger partial charge is 0.330 e. The highest BCUT2D eigenvalue weighted by Crippen LogP contribution is 2.43. The summed E-state index contributed by atoms with van der Waals surface area (Å²) < 4.78 is 38.7. The van der Waals surface area contributed by atoms with Gasteiger partial charge in [-0.05, 0) is 47.4 Å². The van der Waals surface area contributed by atoms with E-state index in [2.05, 4.69) is 11.9 Å². The molecule has 0 radical (unpaired) electrons. The van der Waals surface area contributed by atoms with Gasteiger partial charge in [-0.1, -0.05) is 184 Å². The standard InChI is InChI=1S/C56H78N2O11/c1-4-5-6-7-8-9-10-11-12-13-14-15-16-17-18-19-20-21-22-26-41-66-53-52(69-51(62)38-37-50(60)61)48(68-54(53)58-40-39-49(59)57-55(58)63)42-67-56(43-27-24-23-25-28-43,44-29-33-46(64-2)34-30-44)45-31-35-47(65-3)36-32-45/h23-25,27-36,39-40,48,52-54H,4-22,26,37-38,41-42H2,1-3H3,(H,60,61)(H,57,59,63)/t48-,52?,53+,54-/m1/s1. The van der Waals surface area contributed by atoms with Gasteiger partial charge in [0.15, 0.2) is 12.3 Å². The lowest BCUT2D eigenvalue weighted by Gasteiger charge is -2.37. The molecular formula is C56H78N2O11. The number of methoxy groups -OCH3 is 2. The van der Waals surface area contributed by atoms with E-state index in [4.69, 9.17) is 28.4 Å². The molecule has 3 aromatic carbocycles. The molecular weight excluding hydrogens is 877 g/mol. The number of carboxylic acid groups (broad SMARTS) is 1. The van der Waals surface area contributed by atoms with Crippen LogP contribution in [-0.2, 0) is 34.1 Å². The Morgan fingerprint density at radius 2 is 1.10 bits per heavy atom. The van der Waals surface area contributed by atoms with Gasteiger partial charge >= 0.3 is 17.6 Å². The van der Waals surface area contributed by atoms with Gasteiger partial charge in [0.05, 0.1) is 33.7 Å². The number of ether oxygens (including phenoxy) is 6. The fraction of sp³-hybridized carbons (Fsp3) is 0.571. The number of nitrogens with one attached hydrogen (secondary N) is 1. The first-order valence-corrected chi connectivity index (χ1v) is 25.7. The van der Waals surface area contributed by atoms with Crippen LogP contribution in [0, 0.1) is 0 Å². The Balaban J connectivity index is 1.25. The number of carbonyl (C=O) groups is 2. The molecule has 4 atom stereocenters. The van der Waals surface area contributed by atoms with Crippen LogP contribution < -0.4 is 20.7 Å². The van der Waals surface area contributed by atoms with Crippen molar-refractivity contribution in [3.63, 3.8) is 0 Å². The van der Waals surface area contributed by atoms with Gasteiger partial charge in [0.25, 0.3) is 5.56 Å². The van der Waals surface area contributed by atoms with Crippen molar-refractivity contribution in [2.24, 2.45) is 0 Å². The molecule has 1 aliphatic rings. The largest absolute Gasteiger partial charge is 0.497 e. The SMILES string of the molecule is CCCCCCCCCCCCCCCCCCCCCCO[C@H]1C(OC(=O)CCC(=O)O)[C@@H](COC(c2ccccc2)(c2ccc(OC)cc2)c2ccc(OC)cc2)O[C@H]1n1ccc(=O)[nH]c1=O. The van der Waals surface area contributed by atoms with Crippen LogP contribution in [0.3, 0.4) is 0 Å². The Hall–Kier alpha value is -5.24. The predicted octanol–water partition coefficient (Wildman–Crippen LogP) is 11.4. The van der Waals surface area contributed by atoms with Gasteiger partial charge in [0, 0.05) is 18.9 Å². The summed E-state index contributed by atoms with van der Waals surface area (Å²) in [5.41, 5.74) is -0.278. The molecule has 69 heavy (non-hydrogen) atoms. The predicted molar refractivity (Wildman–Crippen MR) is 268 cm³/mol. The van der Waals surface area contributed by atoms with E-state index in [1.807, 2.05) is 78.9 Å². The van der Waals surface area contributed by atoms with Crippen LogP contribution >= 0.6 is 0 Å². The Labute approximate surface area is 409 Å². The van der Waals surface area contributed by atoms with Gasteiger partial charge < -0.3 is 33.5 Å². The van der Waals surface area contributed by atoms with E-state index in [0.29, 0.717) is 11.5 Å². The molecule has 0 spiro atoms. The Bertz CT molecular complexity index is 2130. The minimum atomic E-state index is -1.27.